The van der Waals surface area contributed by atoms with Crippen LogP contribution in [0, 0.1) is 16.7 Å². The van der Waals surface area contributed by atoms with Crippen LogP contribution < -0.4 is 5.73 Å². The van der Waals surface area contributed by atoms with Crippen molar-refractivity contribution in [3.8, 4) is 0 Å². The van der Waals surface area contributed by atoms with E-state index in [-0.39, 0.29) is 22.8 Å². The van der Waals surface area contributed by atoms with Crippen molar-refractivity contribution in [2.45, 2.75) is 75.9 Å². The SMILES string of the molecule is CN(C)[C@H]1C[C@@]23CC[C@@]4(O2)C(=CC(C)(C)[C@]2(C)C(c5ccc6c(N)nccc6c5)=CCC42)C=C3[C@@H](O)[C@@H]1O. The van der Waals surface area contributed by atoms with E-state index in [1.54, 1.807) is 6.20 Å². The van der Waals surface area contributed by atoms with E-state index in [4.69, 9.17) is 10.5 Å². The highest BCUT2D eigenvalue weighted by molar-refractivity contribution is 5.93. The Hall–Kier alpha value is -2.51. The molecule has 2 spiro atoms. The topological polar surface area (TPSA) is 91.8 Å². The minimum absolute atomic E-state index is 0.145. The molecule has 6 heteroatoms. The zero-order valence-corrected chi connectivity index (χ0v) is 23.0. The quantitative estimate of drug-likeness (QED) is 0.549. The van der Waals surface area contributed by atoms with Gasteiger partial charge in [0, 0.05) is 29.0 Å². The van der Waals surface area contributed by atoms with Gasteiger partial charge in [0.1, 0.15) is 11.9 Å². The van der Waals surface area contributed by atoms with Crippen LogP contribution in [0.25, 0.3) is 16.3 Å². The van der Waals surface area contributed by atoms with Crippen molar-refractivity contribution in [3.63, 3.8) is 0 Å². The highest BCUT2D eigenvalue weighted by Gasteiger charge is 2.70. The van der Waals surface area contributed by atoms with Gasteiger partial charge in [-0.2, -0.15) is 0 Å². The van der Waals surface area contributed by atoms with Crippen molar-refractivity contribution < 1.29 is 14.9 Å². The molecule has 4 N–H and O–H groups in total. The number of benzene rings is 1. The van der Waals surface area contributed by atoms with Crippen molar-refractivity contribution in [2.75, 3.05) is 19.8 Å². The third kappa shape index (κ3) is 2.84. The molecule has 5 aliphatic rings. The number of nitrogen functional groups attached to an aromatic ring is 1. The van der Waals surface area contributed by atoms with E-state index in [0.717, 1.165) is 35.6 Å². The first-order valence-corrected chi connectivity index (χ1v) is 14.0. The van der Waals surface area contributed by atoms with Gasteiger partial charge in [0.2, 0.25) is 0 Å². The molecule has 2 aliphatic heterocycles. The number of aliphatic hydroxyl groups is 2. The van der Waals surface area contributed by atoms with Crippen LogP contribution in [-0.4, -0.2) is 63.6 Å². The average Bonchev–Trinajstić information content (AvgIpc) is 3.40. The van der Waals surface area contributed by atoms with Gasteiger partial charge in [-0.15, -0.1) is 0 Å². The molecular formula is C32H39N3O3. The summed E-state index contributed by atoms with van der Waals surface area (Å²) >= 11 is 0. The van der Waals surface area contributed by atoms with Gasteiger partial charge in [-0.3, -0.25) is 0 Å². The highest BCUT2D eigenvalue weighted by atomic mass is 16.5. The summed E-state index contributed by atoms with van der Waals surface area (Å²) in [6.07, 6.45) is 10.6. The molecule has 1 saturated carbocycles. The fourth-order valence-electron chi connectivity index (χ4n) is 8.88. The molecule has 7 rings (SSSR count). The minimum Gasteiger partial charge on any atom is -0.388 e. The van der Waals surface area contributed by atoms with Gasteiger partial charge in [0.05, 0.1) is 17.3 Å². The Balaban J connectivity index is 1.36. The third-order valence-corrected chi connectivity index (χ3v) is 11.2. The molecule has 0 amide bonds. The monoisotopic (exact) mass is 513 g/mol. The van der Waals surface area contributed by atoms with Crippen molar-refractivity contribution in [1.82, 2.24) is 9.88 Å². The van der Waals surface area contributed by atoms with E-state index in [1.165, 1.54) is 16.7 Å². The number of nitrogens with zero attached hydrogens (tertiary/aromatic N) is 2. The molecule has 2 fully saturated rings. The van der Waals surface area contributed by atoms with E-state index in [1.807, 2.05) is 25.1 Å². The largest absolute Gasteiger partial charge is 0.388 e. The third-order valence-electron chi connectivity index (χ3n) is 11.2. The maximum atomic E-state index is 11.3. The zero-order chi connectivity index (χ0) is 26.8. The molecular weight excluding hydrogens is 474 g/mol. The fourth-order valence-corrected chi connectivity index (χ4v) is 8.88. The van der Waals surface area contributed by atoms with Gasteiger partial charge in [0.15, 0.2) is 0 Å². The number of hydrogen-bond donors (Lipinski definition) is 3. The number of hydrogen-bond acceptors (Lipinski definition) is 6. The molecule has 3 aliphatic carbocycles. The molecule has 2 aromatic rings. The van der Waals surface area contributed by atoms with Crippen molar-refractivity contribution in [1.29, 1.82) is 0 Å². The van der Waals surface area contributed by atoms with Gasteiger partial charge in [-0.05, 0) is 85.0 Å². The van der Waals surface area contributed by atoms with Crippen molar-refractivity contribution >= 4 is 22.2 Å². The van der Waals surface area contributed by atoms with E-state index in [2.05, 4.69) is 62.2 Å². The lowest BCUT2D eigenvalue weighted by Gasteiger charge is -2.60. The number of fused-ring (bicyclic) bond motifs is 2. The molecule has 2 bridgehead atoms. The Bertz CT molecular complexity index is 1460. The van der Waals surface area contributed by atoms with Crippen LogP contribution in [0.15, 0.2) is 59.8 Å². The first-order valence-electron chi connectivity index (χ1n) is 14.0. The molecule has 1 unspecified atom stereocenters. The Morgan fingerprint density at radius 2 is 1.89 bits per heavy atom. The molecule has 38 heavy (non-hydrogen) atoms. The molecule has 7 atom stereocenters. The summed E-state index contributed by atoms with van der Waals surface area (Å²) in [5, 5.41) is 24.4. The number of aromatic nitrogens is 1. The van der Waals surface area contributed by atoms with E-state index >= 15 is 0 Å². The normalized spacial score (nSPS) is 40.8. The second kappa shape index (κ2) is 7.57. The maximum absolute atomic E-state index is 11.3. The Kier molecular flexibility index (Phi) is 4.88. The summed E-state index contributed by atoms with van der Waals surface area (Å²) in [5.74, 6) is 0.838. The number of allylic oxidation sites excluding steroid dienone is 3. The number of nitrogens with two attached hydrogens (primary N) is 1. The number of anilines is 1. The Morgan fingerprint density at radius 1 is 1.11 bits per heavy atom. The lowest BCUT2D eigenvalue weighted by molar-refractivity contribution is -0.170. The van der Waals surface area contributed by atoms with Crippen molar-refractivity contribution in [3.05, 3.63) is 65.4 Å². The maximum Gasteiger partial charge on any atom is 0.131 e. The van der Waals surface area contributed by atoms with Crippen LogP contribution in [0.2, 0.25) is 0 Å². The summed E-state index contributed by atoms with van der Waals surface area (Å²) in [6.45, 7) is 7.11. The predicted molar refractivity (Wildman–Crippen MR) is 150 cm³/mol. The molecule has 0 radical (unpaired) electrons. The smallest absolute Gasteiger partial charge is 0.131 e. The van der Waals surface area contributed by atoms with Gasteiger partial charge in [-0.1, -0.05) is 51.1 Å². The van der Waals surface area contributed by atoms with Gasteiger partial charge in [-0.25, -0.2) is 4.98 Å². The standard InChI is InChI=1S/C32H39N3O3/c1-29(2)16-20-15-23-26(36)27(37)24(35(4)5)17-31(23)11-12-32(20,38-31)25-9-8-22(30(25,29)3)19-6-7-21-18(14-19)10-13-34-28(21)33/h6-8,10,13-16,24-27,36-37H,9,11-12,17H2,1-5H3,(H2,33,34)/t24-,25?,26+,27+,30+,31+,32+/m0/s1. The Labute approximate surface area is 224 Å². The van der Waals surface area contributed by atoms with E-state index in [9.17, 15) is 10.2 Å². The van der Waals surface area contributed by atoms with E-state index in [0.29, 0.717) is 12.2 Å². The summed E-state index contributed by atoms with van der Waals surface area (Å²) < 4.78 is 7.33. The number of ether oxygens (including phenoxy) is 1. The summed E-state index contributed by atoms with van der Waals surface area (Å²) in [6, 6.07) is 8.45. The second-order valence-electron chi connectivity index (χ2n) is 13.3. The number of pyridine rings is 1. The molecule has 200 valence electrons. The van der Waals surface area contributed by atoms with Crippen LogP contribution >= 0.6 is 0 Å². The van der Waals surface area contributed by atoms with Crippen LogP contribution in [-0.2, 0) is 4.74 Å². The number of rotatable bonds is 2. The zero-order valence-electron chi connectivity index (χ0n) is 23.0. The van der Waals surface area contributed by atoms with Crippen molar-refractivity contribution in [2.24, 2.45) is 16.7 Å². The molecule has 1 aromatic heterocycles. The van der Waals surface area contributed by atoms with E-state index < -0.39 is 23.4 Å². The summed E-state index contributed by atoms with van der Waals surface area (Å²) in [7, 11) is 3.96. The highest BCUT2D eigenvalue weighted by Crippen LogP contribution is 2.71. The first-order chi connectivity index (χ1) is 17.9. The van der Waals surface area contributed by atoms with Gasteiger partial charge in [0.25, 0.3) is 0 Å². The summed E-state index contributed by atoms with van der Waals surface area (Å²) in [4.78, 5) is 6.29. The molecule has 6 nitrogen and oxygen atoms in total. The summed E-state index contributed by atoms with van der Waals surface area (Å²) in [5.41, 5.74) is 9.61. The van der Waals surface area contributed by atoms with Crippen LogP contribution in [0.4, 0.5) is 5.82 Å². The minimum atomic E-state index is -0.915. The molecule has 3 heterocycles. The number of aliphatic hydroxyl groups excluding tert-OH is 2. The fraction of sp³-hybridized carbons (Fsp3) is 0.531. The molecule has 1 saturated heterocycles. The van der Waals surface area contributed by atoms with Gasteiger partial charge >= 0.3 is 0 Å². The van der Waals surface area contributed by atoms with Crippen LogP contribution in [0.5, 0.6) is 0 Å². The first kappa shape index (κ1) is 24.5. The predicted octanol–water partition coefficient (Wildman–Crippen LogP) is 4.48. The average molecular weight is 514 g/mol. The Morgan fingerprint density at radius 3 is 2.66 bits per heavy atom. The lowest BCUT2D eigenvalue weighted by atomic mass is 9.49. The van der Waals surface area contributed by atoms with Crippen LogP contribution in [0.3, 0.4) is 0 Å². The lowest BCUT2D eigenvalue weighted by Crippen LogP contribution is -2.63. The second-order valence-corrected chi connectivity index (χ2v) is 13.3. The molecule has 1 aromatic carbocycles. The number of likely N-dealkylation sites (N-methyl/N-ethyl adjacent to an activating group) is 1. The van der Waals surface area contributed by atoms with Gasteiger partial charge < -0.3 is 25.6 Å². The van der Waals surface area contributed by atoms with Crippen LogP contribution in [0.1, 0.15) is 52.0 Å².